The zero-order valence-electron chi connectivity index (χ0n) is 12.6. The zero-order chi connectivity index (χ0) is 17.8. The fourth-order valence-electron chi connectivity index (χ4n) is 1.94. The number of halogens is 2. The average molecular weight is 428 g/mol. The van der Waals surface area contributed by atoms with Crippen LogP contribution in [0.5, 0.6) is 0 Å². The number of aromatic nitrogens is 2. The highest BCUT2D eigenvalue weighted by atomic mass is 35.5. The third-order valence-corrected chi connectivity index (χ3v) is 6.02. The molecule has 2 aromatic carbocycles. The Morgan fingerprint density at radius 2 is 1.92 bits per heavy atom. The summed E-state index contributed by atoms with van der Waals surface area (Å²) in [4.78, 5) is 12.1. The Balaban J connectivity index is 1.65. The number of anilines is 1. The minimum Gasteiger partial charge on any atom is -0.324 e. The maximum atomic E-state index is 12.1. The van der Waals surface area contributed by atoms with Crippen LogP contribution in [0.3, 0.4) is 0 Å². The summed E-state index contributed by atoms with van der Waals surface area (Å²) in [5, 5.41) is 8.38. The lowest BCUT2D eigenvalue weighted by atomic mass is 10.3. The van der Waals surface area contributed by atoms with E-state index in [1.54, 1.807) is 28.9 Å². The number of hydrogen-bond acceptors (Lipinski definition) is 5. The Kier molecular flexibility index (Phi) is 6.14. The molecule has 0 atom stereocenters. The summed E-state index contributed by atoms with van der Waals surface area (Å²) >= 11 is 20.0. The van der Waals surface area contributed by atoms with Gasteiger partial charge in [-0.05, 0) is 48.6 Å². The molecule has 1 amide bonds. The second-order valence-electron chi connectivity index (χ2n) is 4.84. The van der Waals surface area contributed by atoms with Crippen molar-refractivity contribution >= 4 is 70.1 Å². The Bertz CT molecular complexity index is 954. The van der Waals surface area contributed by atoms with E-state index in [0.717, 1.165) is 5.69 Å². The molecule has 0 aliphatic rings. The van der Waals surface area contributed by atoms with E-state index in [1.165, 1.54) is 23.1 Å². The number of benzene rings is 2. The van der Waals surface area contributed by atoms with E-state index < -0.39 is 0 Å². The highest BCUT2D eigenvalue weighted by Gasteiger charge is 2.10. The predicted octanol–water partition coefficient (Wildman–Crippen LogP) is 5.70. The van der Waals surface area contributed by atoms with Crippen molar-refractivity contribution in [3.63, 3.8) is 0 Å². The second kappa shape index (κ2) is 8.33. The van der Waals surface area contributed by atoms with Crippen LogP contribution in [0, 0.1) is 3.95 Å². The highest BCUT2D eigenvalue weighted by molar-refractivity contribution is 8.01. The quantitative estimate of drug-likeness (QED) is 0.418. The van der Waals surface area contributed by atoms with Gasteiger partial charge in [-0.25, -0.2) is 4.68 Å². The summed E-state index contributed by atoms with van der Waals surface area (Å²) in [5.41, 5.74) is 1.42. The van der Waals surface area contributed by atoms with Crippen molar-refractivity contribution in [1.82, 2.24) is 9.78 Å². The van der Waals surface area contributed by atoms with E-state index in [4.69, 9.17) is 35.4 Å². The Morgan fingerprint density at radius 1 is 1.20 bits per heavy atom. The lowest BCUT2D eigenvalue weighted by molar-refractivity contribution is -0.113. The summed E-state index contributed by atoms with van der Waals surface area (Å²) in [6.07, 6.45) is 0. The molecule has 1 aromatic heterocycles. The number of amides is 1. The van der Waals surface area contributed by atoms with Crippen molar-refractivity contribution < 1.29 is 4.79 Å². The molecule has 0 bridgehead atoms. The molecule has 1 N–H and O–H groups in total. The van der Waals surface area contributed by atoms with Gasteiger partial charge in [-0.15, -0.1) is 5.10 Å². The summed E-state index contributed by atoms with van der Waals surface area (Å²) in [5.74, 6) is 0.0611. The van der Waals surface area contributed by atoms with Gasteiger partial charge >= 0.3 is 0 Å². The lowest BCUT2D eigenvalue weighted by Crippen LogP contribution is -2.14. The van der Waals surface area contributed by atoms with Gasteiger partial charge in [-0.1, -0.05) is 58.4 Å². The van der Waals surface area contributed by atoms with Crippen molar-refractivity contribution in [1.29, 1.82) is 0 Å². The molecule has 0 spiro atoms. The number of thioether (sulfide) groups is 1. The number of rotatable bonds is 5. The summed E-state index contributed by atoms with van der Waals surface area (Å²) in [6, 6.07) is 14.3. The first-order valence-electron chi connectivity index (χ1n) is 7.06. The van der Waals surface area contributed by atoms with Crippen molar-refractivity contribution in [2.45, 2.75) is 4.34 Å². The molecule has 0 aliphatic carbocycles. The van der Waals surface area contributed by atoms with Crippen LogP contribution in [0.1, 0.15) is 0 Å². The number of carbonyl (C=O) groups excluding carboxylic acids is 1. The number of hydrogen-bond donors (Lipinski definition) is 1. The van der Waals surface area contributed by atoms with Crippen molar-refractivity contribution in [3.8, 4) is 5.69 Å². The standard InChI is InChI=1S/C16H11Cl2N3OS3/c17-10-5-7-11(8-6-10)21-16(23)25-15(20-21)24-9-14(22)19-13-4-2-1-3-12(13)18/h1-8H,9H2,(H,19,22). The molecule has 4 nitrogen and oxygen atoms in total. The SMILES string of the molecule is O=C(CSc1nn(-c2ccc(Cl)cc2)c(=S)s1)Nc1ccccc1Cl. The van der Waals surface area contributed by atoms with Gasteiger partial charge in [0.1, 0.15) is 0 Å². The minimum atomic E-state index is -0.155. The molecule has 9 heteroatoms. The molecular weight excluding hydrogens is 417 g/mol. The molecular formula is C16H11Cl2N3OS3. The number of nitrogens with zero attached hydrogens (tertiary/aromatic N) is 2. The molecule has 128 valence electrons. The highest BCUT2D eigenvalue weighted by Crippen LogP contribution is 2.25. The third kappa shape index (κ3) is 4.83. The first-order valence-corrected chi connectivity index (χ1v) is 10.0. The Morgan fingerprint density at radius 3 is 2.64 bits per heavy atom. The predicted molar refractivity (Wildman–Crippen MR) is 108 cm³/mol. The second-order valence-corrected chi connectivity index (χ2v) is 8.53. The summed E-state index contributed by atoms with van der Waals surface area (Å²) in [7, 11) is 0. The molecule has 0 saturated carbocycles. The first-order chi connectivity index (χ1) is 12.0. The number of nitrogens with one attached hydrogen (secondary N) is 1. The third-order valence-electron chi connectivity index (χ3n) is 3.08. The molecule has 3 rings (SSSR count). The minimum absolute atomic E-state index is 0.155. The van der Waals surface area contributed by atoms with Crippen LogP contribution in [-0.4, -0.2) is 21.4 Å². The Hall–Kier alpha value is -1.38. The van der Waals surface area contributed by atoms with E-state index in [2.05, 4.69) is 10.4 Å². The average Bonchev–Trinajstić information content (AvgIpc) is 2.97. The van der Waals surface area contributed by atoms with E-state index >= 15 is 0 Å². The van der Waals surface area contributed by atoms with E-state index in [1.807, 2.05) is 24.3 Å². The monoisotopic (exact) mass is 427 g/mol. The molecule has 3 aromatic rings. The maximum Gasteiger partial charge on any atom is 0.234 e. The van der Waals surface area contributed by atoms with Gasteiger partial charge in [0.2, 0.25) is 5.91 Å². The smallest absolute Gasteiger partial charge is 0.234 e. The molecule has 0 unspecified atom stereocenters. The lowest BCUT2D eigenvalue weighted by Gasteiger charge is -2.05. The van der Waals surface area contributed by atoms with Crippen LogP contribution < -0.4 is 5.32 Å². The van der Waals surface area contributed by atoms with Crippen molar-refractivity contribution in [2.24, 2.45) is 0 Å². The van der Waals surface area contributed by atoms with Gasteiger partial charge in [-0.3, -0.25) is 4.79 Å². The zero-order valence-corrected chi connectivity index (χ0v) is 16.6. The molecule has 1 heterocycles. The van der Waals surface area contributed by atoms with Crippen LogP contribution in [0.15, 0.2) is 52.9 Å². The van der Waals surface area contributed by atoms with Crippen molar-refractivity contribution in [3.05, 3.63) is 62.5 Å². The van der Waals surface area contributed by atoms with Gasteiger partial charge < -0.3 is 5.32 Å². The van der Waals surface area contributed by atoms with Gasteiger partial charge in [0.05, 0.1) is 22.2 Å². The molecule has 0 fully saturated rings. The topological polar surface area (TPSA) is 46.9 Å². The van der Waals surface area contributed by atoms with Crippen LogP contribution in [0.4, 0.5) is 5.69 Å². The fourth-order valence-corrected chi connectivity index (χ4v) is 4.41. The van der Waals surface area contributed by atoms with Gasteiger partial charge in [0.25, 0.3) is 0 Å². The molecule has 0 aliphatic heterocycles. The van der Waals surface area contributed by atoms with Crippen LogP contribution in [0.2, 0.25) is 10.0 Å². The number of carbonyl (C=O) groups is 1. The van der Waals surface area contributed by atoms with E-state index in [-0.39, 0.29) is 11.7 Å². The van der Waals surface area contributed by atoms with E-state index in [9.17, 15) is 4.79 Å². The molecule has 0 saturated heterocycles. The summed E-state index contributed by atoms with van der Waals surface area (Å²) in [6.45, 7) is 0. The van der Waals surface area contributed by atoms with E-state index in [0.29, 0.717) is 24.0 Å². The Labute approximate surface area is 167 Å². The number of para-hydroxylation sites is 1. The fraction of sp³-hybridized carbons (Fsp3) is 0.0625. The van der Waals surface area contributed by atoms with Crippen LogP contribution >= 0.6 is 58.5 Å². The summed E-state index contributed by atoms with van der Waals surface area (Å²) < 4.78 is 2.98. The van der Waals surface area contributed by atoms with Crippen LogP contribution in [-0.2, 0) is 4.79 Å². The van der Waals surface area contributed by atoms with Gasteiger partial charge in [-0.2, -0.15) is 0 Å². The first kappa shape index (κ1) is 18.4. The molecule has 25 heavy (non-hydrogen) atoms. The van der Waals surface area contributed by atoms with Crippen molar-refractivity contribution in [2.75, 3.05) is 11.1 Å². The van der Waals surface area contributed by atoms with Gasteiger partial charge in [0.15, 0.2) is 8.29 Å². The maximum absolute atomic E-state index is 12.1. The van der Waals surface area contributed by atoms with Crippen LogP contribution in [0.25, 0.3) is 5.69 Å². The molecule has 0 radical (unpaired) electrons. The largest absolute Gasteiger partial charge is 0.324 e. The van der Waals surface area contributed by atoms with Gasteiger partial charge in [0, 0.05) is 5.02 Å². The normalized spacial score (nSPS) is 10.6.